The zero-order valence-electron chi connectivity index (χ0n) is 12.5. The van der Waals surface area contributed by atoms with Gasteiger partial charge in [0, 0.05) is 13.1 Å². The van der Waals surface area contributed by atoms with E-state index in [1.807, 2.05) is 19.1 Å². The highest BCUT2D eigenvalue weighted by Crippen LogP contribution is 2.34. The molecular formula is C16H25N3O. The van der Waals surface area contributed by atoms with E-state index in [-0.39, 0.29) is 11.3 Å². The minimum absolute atomic E-state index is 0.0726. The zero-order chi connectivity index (χ0) is 14.4. The maximum atomic E-state index is 12.2. The Bertz CT molecular complexity index is 453. The largest absolute Gasteiger partial charge is 0.370 e. The maximum Gasteiger partial charge on any atom is 0.269 e. The van der Waals surface area contributed by atoms with Crippen molar-refractivity contribution >= 4 is 11.7 Å². The molecule has 1 amide bonds. The van der Waals surface area contributed by atoms with Crippen LogP contribution in [0.2, 0.25) is 0 Å². The number of nitrogens with one attached hydrogen (secondary N) is 2. The van der Waals surface area contributed by atoms with Gasteiger partial charge in [-0.3, -0.25) is 4.79 Å². The Kier molecular flexibility index (Phi) is 4.99. The van der Waals surface area contributed by atoms with Crippen molar-refractivity contribution in [1.82, 2.24) is 10.3 Å². The number of pyridine rings is 1. The molecule has 1 aromatic rings. The third-order valence-electron chi connectivity index (χ3n) is 4.08. The molecule has 0 spiro atoms. The van der Waals surface area contributed by atoms with Crippen LogP contribution in [-0.4, -0.2) is 24.0 Å². The van der Waals surface area contributed by atoms with Crippen molar-refractivity contribution in [3.05, 3.63) is 23.9 Å². The van der Waals surface area contributed by atoms with Gasteiger partial charge in [-0.05, 0) is 37.3 Å². The van der Waals surface area contributed by atoms with Crippen molar-refractivity contribution in [2.45, 2.75) is 46.0 Å². The Hall–Kier alpha value is -1.58. The summed E-state index contributed by atoms with van der Waals surface area (Å²) in [4.78, 5) is 16.5. The van der Waals surface area contributed by atoms with Gasteiger partial charge in [0.05, 0.1) is 0 Å². The number of hydrogen-bond acceptors (Lipinski definition) is 3. The number of carbonyl (C=O) groups is 1. The molecule has 1 fully saturated rings. The molecule has 110 valence electrons. The van der Waals surface area contributed by atoms with Crippen LogP contribution in [0, 0.1) is 5.41 Å². The standard InChI is InChI=1S/C16H25N3O/c1-3-17-14-9-7-8-13(19-14)15(20)18-12-16(2)10-5-4-6-11-16/h7-9H,3-6,10-12H2,1-2H3,(H,17,19)(H,18,20). The molecule has 0 saturated heterocycles. The fraction of sp³-hybridized carbons (Fsp3) is 0.625. The molecule has 1 aliphatic carbocycles. The number of nitrogens with zero attached hydrogens (tertiary/aromatic N) is 1. The van der Waals surface area contributed by atoms with Crippen LogP contribution in [0.25, 0.3) is 0 Å². The van der Waals surface area contributed by atoms with Crippen molar-refractivity contribution in [2.75, 3.05) is 18.4 Å². The van der Waals surface area contributed by atoms with E-state index in [0.29, 0.717) is 5.69 Å². The molecular weight excluding hydrogens is 250 g/mol. The van der Waals surface area contributed by atoms with E-state index in [0.717, 1.165) is 18.9 Å². The predicted octanol–water partition coefficient (Wildman–Crippen LogP) is 3.21. The Morgan fingerprint density at radius 1 is 1.30 bits per heavy atom. The normalized spacial score (nSPS) is 17.5. The Morgan fingerprint density at radius 2 is 2.05 bits per heavy atom. The summed E-state index contributed by atoms with van der Waals surface area (Å²) >= 11 is 0. The van der Waals surface area contributed by atoms with Gasteiger partial charge in [0.15, 0.2) is 0 Å². The molecule has 0 aliphatic heterocycles. The molecule has 4 nitrogen and oxygen atoms in total. The van der Waals surface area contributed by atoms with Gasteiger partial charge < -0.3 is 10.6 Å². The van der Waals surface area contributed by atoms with E-state index < -0.39 is 0 Å². The smallest absolute Gasteiger partial charge is 0.269 e. The van der Waals surface area contributed by atoms with Crippen molar-refractivity contribution in [3.63, 3.8) is 0 Å². The van der Waals surface area contributed by atoms with E-state index in [1.165, 1.54) is 32.1 Å². The summed E-state index contributed by atoms with van der Waals surface area (Å²) in [5, 5.41) is 6.17. The van der Waals surface area contributed by atoms with Gasteiger partial charge >= 0.3 is 0 Å². The van der Waals surface area contributed by atoms with Gasteiger partial charge in [-0.25, -0.2) is 4.98 Å². The summed E-state index contributed by atoms with van der Waals surface area (Å²) in [6, 6.07) is 5.50. The fourth-order valence-corrected chi connectivity index (χ4v) is 2.81. The van der Waals surface area contributed by atoms with E-state index in [2.05, 4.69) is 22.5 Å². The predicted molar refractivity (Wildman–Crippen MR) is 81.9 cm³/mol. The highest BCUT2D eigenvalue weighted by Gasteiger charge is 2.27. The van der Waals surface area contributed by atoms with Gasteiger partial charge in [0.1, 0.15) is 11.5 Å². The van der Waals surface area contributed by atoms with Crippen LogP contribution in [0.5, 0.6) is 0 Å². The lowest BCUT2D eigenvalue weighted by Crippen LogP contribution is -2.37. The summed E-state index contributed by atoms with van der Waals surface area (Å²) in [7, 11) is 0. The monoisotopic (exact) mass is 275 g/mol. The van der Waals surface area contributed by atoms with E-state index in [1.54, 1.807) is 6.07 Å². The minimum Gasteiger partial charge on any atom is -0.370 e. The second kappa shape index (κ2) is 6.73. The highest BCUT2D eigenvalue weighted by molar-refractivity contribution is 5.92. The zero-order valence-corrected chi connectivity index (χ0v) is 12.5. The second-order valence-corrected chi connectivity index (χ2v) is 5.99. The third-order valence-corrected chi connectivity index (χ3v) is 4.08. The summed E-state index contributed by atoms with van der Waals surface area (Å²) in [5.74, 6) is 0.681. The molecule has 1 saturated carbocycles. The van der Waals surface area contributed by atoms with Crippen molar-refractivity contribution in [1.29, 1.82) is 0 Å². The van der Waals surface area contributed by atoms with Crippen LogP contribution >= 0.6 is 0 Å². The summed E-state index contributed by atoms with van der Waals surface area (Å²) in [5.41, 5.74) is 0.746. The van der Waals surface area contributed by atoms with Crippen molar-refractivity contribution in [3.8, 4) is 0 Å². The molecule has 0 unspecified atom stereocenters. The molecule has 0 radical (unpaired) electrons. The first-order chi connectivity index (χ1) is 9.63. The molecule has 0 bridgehead atoms. The Balaban J connectivity index is 1.92. The first-order valence-corrected chi connectivity index (χ1v) is 7.62. The Labute approximate surface area is 121 Å². The van der Waals surface area contributed by atoms with E-state index in [4.69, 9.17) is 0 Å². The van der Waals surface area contributed by atoms with Gasteiger partial charge in [-0.15, -0.1) is 0 Å². The number of rotatable bonds is 5. The maximum absolute atomic E-state index is 12.2. The van der Waals surface area contributed by atoms with Gasteiger partial charge in [0.25, 0.3) is 5.91 Å². The van der Waals surface area contributed by atoms with E-state index >= 15 is 0 Å². The molecule has 1 aliphatic rings. The molecule has 2 N–H and O–H groups in total. The van der Waals surface area contributed by atoms with Crippen LogP contribution in [0.1, 0.15) is 56.4 Å². The molecule has 2 rings (SSSR count). The topological polar surface area (TPSA) is 54.0 Å². The SMILES string of the molecule is CCNc1cccc(C(=O)NCC2(C)CCCCC2)n1. The number of amides is 1. The van der Waals surface area contributed by atoms with Gasteiger partial charge in [-0.2, -0.15) is 0 Å². The highest BCUT2D eigenvalue weighted by atomic mass is 16.1. The van der Waals surface area contributed by atoms with Crippen LogP contribution < -0.4 is 10.6 Å². The number of hydrogen-bond donors (Lipinski definition) is 2. The lowest BCUT2D eigenvalue weighted by atomic mass is 9.76. The second-order valence-electron chi connectivity index (χ2n) is 5.99. The van der Waals surface area contributed by atoms with Crippen molar-refractivity contribution < 1.29 is 4.79 Å². The fourth-order valence-electron chi connectivity index (χ4n) is 2.81. The number of aromatic nitrogens is 1. The molecule has 0 aromatic carbocycles. The molecule has 4 heteroatoms. The summed E-state index contributed by atoms with van der Waals surface area (Å²) < 4.78 is 0. The van der Waals surface area contributed by atoms with Crippen molar-refractivity contribution in [2.24, 2.45) is 5.41 Å². The summed E-state index contributed by atoms with van der Waals surface area (Å²) in [6.45, 7) is 5.84. The first kappa shape index (κ1) is 14.8. The van der Waals surface area contributed by atoms with Crippen LogP contribution in [-0.2, 0) is 0 Å². The minimum atomic E-state index is -0.0726. The lowest BCUT2D eigenvalue weighted by molar-refractivity contribution is 0.0914. The van der Waals surface area contributed by atoms with Gasteiger partial charge in [0.2, 0.25) is 0 Å². The number of carbonyl (C=O) groups excluding carboxylic acids is 1. The first-order valence-electron chi connectivity index (χ1n) is 7.62. The van der Waals surface area contributed by atoms with E-state index in [9.17, 15) is 4.79 Å². The third kappa shape index (κ3) is 3.95. The van der Waals surface area contributed by atoms with Crippen LogP contribution in [0.15, 0.2) is 18.2 Å². The molecule has 20 heavy (non-hydrogen) atoms. The van der Waals surface area contributed by atoms with Gasteiger partial charge in [-0.1, -0.05) is 32.3 Å². The molecule has 1 aromatic heterocycles. The molecule has 1 heterocycles. The Morgan fingerprint density at radius 3 is 2.75 bits per heavy atom. The number of anilines is 1. The average molecular weight is 275 g/mol. The average Bonchev–Trinajstić information content (AvgIpc) is 2.46. The lowest BCUT2D eigenvalue weighted by Gasteiger charge is -2.33. The quantitative estimate of drug-likeness (QED) is 0.867. The van der Waals surface area contributed by atoms with Crippen LogP contribution in [0.3, 0.4) is 0 Å². The molecule has 0 atom stereocenters. The summed E-state index contributed by atoms with van der Waals surface area (Å²) in [6.07, 6.45) is 6.30. The van der Waals surface area contributed by atoms with Crippen LogP contribution in [0.4, 0.5) is 5.82 Å².